The monoisotopic (exact) mass is 503 g/mol. The highest BCUT2D eigenvalue weighted by molar-refractivity contribution is 7.92. The van der Waals surface area contributed by atoms with Crippen molar-refractivity contribution >= 4 is 37.7 Å². The second kappa shape index (κ2) is 10.2. The number of nitrogens with zero attached hydrogens (tertiary/aromatic N) is 1. The Labute approximate surface area is 213 Å². The van der Waals surface area contributed by atoms with Gasteiger partial charge in [-0.1, -0.05) is 62.0 Å². The summed E-state index contributed by atoms with van der Waals surface area (Å²) in [6, 6.07) is 20.1. The summed E-state index contributed by atoms with van der Waals surface area (Å²) in [5, 5.41) is 2.26. The third-order valence-corrected chi connectivity index (χ3v) is 9.23. The molecule has 0 amide bonds. The lowest BCUT2D eigenvalue weighted by molar-refractivity contribution is -0.171. The van der Waals surface area contributed by atoms with Gasteiger partial charge in [-0.05, 0) is 61.9 Å². The number of sulfone groups is 1. The molecule has 5 rings (SSSR count). The highest BCUT2D eigenvalue weighted by Gasteiger charge is 2.34. The Hall–Kier alpha value is -2.93. The van der Waals surface area contributed by atoms with Crippen LogP contribution in [0.4, 0.5) is 0 Å². The lowest BCUT2D eigenvalue weighted by atomic mass is 10.0. The maximum absolute atomic E-state index is 14.1. The van der Waals surface area contributed by atoms with Gasteiger partial charge < -0.3 is 14.0 Å². The van der Waals surface area contributed by atoms with Crippen molar-refractivity contribution in [3.8, 4) is 11.1 Å². The molecule has 0 spiro atoms. The topological polar surface area (TPSA) is 57.5 Å². The summed E-state index contributed by atoms with van der Waals surface area (Å²) in [4.78, 5) is 0.265. The van der Waals surface area contributed by atoms with E-state index in [0.717, 1.165) is 41.2 Å². The number of para-hydroxylation sites is 1. The van der Waals surface area contributed by atoms with Gasteiger partial charge in [-0.15, -0.1) is 0 Å². The van der Waals surface area contributed by atoms with E-state index in [1.807, 2.05) is 37.3 Å². The fraction of sp³-hybridized carbons (Fsp3) is 0.333. The number of aryl methyl sites for hydroxylation is 1. The number of hydrogen-bond donors (Lipinski definition) is 0. The highest BCUT2D eigenvalue weighted by atomic mass is 32.2. The largest absolute Gasteiger partial charge is 0.353 e. The van der Waals surface area contributed by atoms with Gasteiger partial charge in [-0.3, -0.25) is 0 Å². The van der Waals surface area contributed by atoms with Crippen LogP contribution in [0.2, 0.25) is 0 Å². The number of fused-ring (bicyclic) bond motifs is 3. The first-order valence-electron chi connectivity index (χ1n) is 12.8. The number of hydrogen-bond acceptors (Lipinski definition) is 4. The van der Waals surface area contributed by atoms with E-state index in [2.05, 4.69) is 42.3 Å². The summed E-state index contributed by atoms with van der Waals surface area (Å²) in [6.07, 6.45) is 4.11. The van der Waals surface area contributed by atoms with E-state index >= 15 is 0 Å². The Kier molecular flexibility index (Phi) is 7.02. The zero-order valence-corrected chi connectivity index (χ0v) is 21.8. The fourth-order valence-electron chi connectivity index (χ4n) is 5.33. The van der Waals surface area contributed by atoms with E-state index in [4.69, 9.17) is 9.47 Å². The quantitative estimate of drug-likeness (QED) is 0.256. The van der Waals surface area contributed by atoms with Crippen LogP contribution in [-0.4, -0.2) is 31.3 Å². The molecule has 4 aromatic rings. The third-order valence-electron chi connectivity index (χ3n) is 7.07. The standard InChI is InChI=1S/C30H33NO4S/c1-4-21-12-11-14-23(30(21)36(32,33)29(5-2)35-28-16-9-10-19-34-28)22-17-18-27-25(20-22)24-13-7-8-15-26(24)31(27)6-3/h4,7-8,11-15,17-18,20,28-29H,1,5-6,9-10,16,19H2,2-3H3. The molecule has 6 heteroatoms. The van der Waals surface area contributed by atoms with E-state index in [1.54, 1.807) is 12.1 Å². The molecule has 0 N–H and O–H groups in total. The summed E-state index contributed by atoms with van der Waals surface area (Å²) in [6.45, 7) is 9.34. The SMILES string of the molecule is C=Cc1cccc(-c2ccc3c(c2)c2ccccc2n3CC)c1S(=O)(=O)C(CC)OC1CCCCO1. The Balaban J connectivity index is 1.66. The zero-order valence-electron chi connectivity index (χ0n) is 20.9. The lowest BCUT2D eigenvalue weighted by Gasteiger charge is -2.28. The molecule has 0 aliphatic carbocycles. The van der Waals surface area contributed by atoms with E-state index in [1.165, 1.54) is 5.52 Å². The van der Waals surface area contributed by atoms with Crippen LogP contribution in [0.3, 0.4) is 0 Å². The van der Waals surface area contributed by atoms with Crippen LogP contribution in [0.1, 0.15) is 45.1 Å². The minimum atomic E-state index is -3.85. The Morgan fingerprint density at radius 2 is 1.86 bits per heavy atom. The first-order valence-corrected chi connectivity index (χ1v) is 14.3. The molecule has 1 aromatic heterocycles. The van der Waals surface area contributed by atoms with Crippen molar-refractivity contribution in [1.29, 1.82) is 0 Å². The number of aromatic nitrogens is 1. The summed E-state index contributed by atoms with van der Waals surface area (Å²) in [7, 11) is -3.85. The highest BCUT2D eigenvalue weighted by Crippen LogP contribution is 2.38. The van der Waals surface area contributed by atoms with E-state index < -0.39 is 21.6 Å². The van der Waals surface area contributed by atoms with Crippen molar-refractivity contribution in [2.24, 2.45) is 0 Å². The molecular weight excluding hydrogens is 470 g/mol. The number of ether oxygens (including phenoxy) is 2. The van der Waals surface area contributed by atoms with Crippen molar-refractivity contribution in [3.63, 3.8) is 0 Å². The molecule has 1 fully saturated rings. The second-order valence-corrected chi connectivity index (χ2v) is 11.3. The van der Waals surface area contributed by atoms with E-state index in [0.29, 0.717) is 30.6 Å². The second-order valence-electron chi connectivity index (χ2n) is 9.24. The van der Waals surface area contributed by atoms with Crippen LogP contribution < -0.4 is 0 Å². The van der Waals surface area contributed by atoms with Crippen molar-refractivity contribution in [2.45, 2.75) is 62.7 Å². The molecule has 1 aliphatic heterocycles. The van der Waals surface area contributed by atoms with Gasteiger partial charge in [0.1, 0.15) is 0 Å². The van der Waals surface area contributed by atoms with Gasteiger partial charge in [-0.2, -0.15) is 0 Å². The van der Waals surface area contributed by atoms with E-state index in [-0.39, 0.29) is 4.90 Å². The van der Waals surface area contributed by atoms with Gasteiger partial charge in [0.2, 0.25) is 9.84 Å². The van der Waals surface area contributed by atoms with Crippen molar-refractivity contribution in [1.82, 2.24) is 4.57 Å². The molecule has 188 valence electrons. The smallest absolute Gasteiger partial charge is 0.206 e. The molecule has 5 nitrogen and oxygen atoms in total. The van der Waals surface area contributed by atoms with Gasteiger partial charge in [0.25, 0.3) is 0 Å². The van der Waals surface area contributed by atoms with Crippen LogP contribution in [0.5, 0.6) is 0 Å². The molecule has 36 heavy (non-hydrogen) atoms. The Bertz CT molecular complexity index is 1510. The zero-order chi connectivity index (χ0) is 25.3. The normalized spacial score (nSPS) is 17.4. The Morgan fingerprint density at radius 3 is 2.58 bits per heavy atom. The van der Waals surface area contributed by atoms with Crippen molar-refractivity contribution < 1.29 is 17.9 Å². The van der Waals surface area contributed by atoms with Crippen molar-refractivity contribution in [2.75, 3.05) is 6.61 Å². The summed E-state index contributed by atoms with van der Waals surface area (Å²) >= 11 is 0. The summed E-state index contributed by atoms with van der Waals surface area (Å²) < 4.78 is 42.3. The van der Waals surface area contributed by atoms with Crippen LogP contribution in [-0.2, 0) is 25.9 Å². The van der Waals surface area contributed by atoms with Gasteiger partial charge >= 0.3 is 0 Å². The molecule has 0 bridgehead atoms. The maximum Gasteiger partial charge on any atom is 0.206 e. The molecule has 1 saturated heterocycles. The lowest BCUT2D eigenvalue weighted by Crippen LogP contribution is -2.33. The molecule has 3 aromatic carbocycles. The van der Waals surface area contributed by atoms with E-state index in [9.17, 15) is 8.42 Å². The Morgan fingerprint density at radius 1 is 1.06 bits per heavy atom. The summed E-state index contributed by atoms with van der Waals surface area (Å²) in [5.41, 5.74) is 3.41. The first kappa shape index (κ1) is 24.8. The minimum absolute atomic E-state index is 0.265. The van der Waals surface area contributed by atoms with Crippen LogP contribution >= 0.6 is 0 Å². The maximum atomic E-state index is 14.1. The number of benzene rings is 3. The van der Waals surface area contributed by atoms with Gasteiger partial charge in [-0.25, -0.2) is 8.42 Å². The average Bonchev–Trinajstić information content (AvgIpc) is 3.24. The van der Waals surface area contributed by atoms with Crippen LogP contribution in [0, 0.1) is 0 Å². The predicted molar refractivity (Wildman–Crippen MR) is 147 cm³/mol. The van der Waals surface area contributed by atoms with Crippen LogP contribution in [0.15, 0.2) is 72.1 Å². The fourth-order valence-corrected chi connectivity index (χ4v) is 7.27. The molecular formula is C30H33NO4S. The minimum Gasteiger partial charge on any atom is -0.353 e. The molecule has 2 unspecified atom stereocenters. The first-order chi connectivity index (χ1) is 17.5. The summed E-state index contributed by atoms with van der Waals surface area (Å²) in [5.74, 6) is 0. The average molecular weight is 504 g/mol. The van der Waals surface area contributed by atoms with Gasteiger partial charge in [0.05, 0.1) is 4.90 Å². The molecule has 0 saturated carbocycles. The molecule has 2 heterocycles. The predicted octanol–water partition coefficient (Wildman–Crippen LogP) is 7.18. The molecule has 0 radical (unpaired) electrons. The van der Waals surface area contributed by atoms with Crippen molar-refractivity contribution in [3.05, 3.63) is 72.8 Å². The van der Waals surface area contributed by atoms with Gasteiger partial charge in [0, 0.05) is 40.5 Å². The third kappa shape index (κ3) is 4.27. The molecule has 2 atom stereocenters. The molecule has 1 aliphatic rings. The van der Waals surface area contributed by atoms with Crippen LogP contribution in [0.25, 0.3) is 39.0 Å². The number of rotatable bonds is 8. The van der Waals surface area contributed by atoms with Gasteiger partial charge in [0.15, 0.2) is 11.7 Å².